The number of nitrogens with zero attached hydrogens (tertiary/aromatic N) is 4. The number of fused-ring (bicyclic) bond motifs is 1. The van der Waals surface area contributed by atoms with E-state index in [2.05, 4.69) is 9.72 Å². The maximum absolute atomic E-state index is 12.9. The van der Waals surface area contributed by atoms with E-state index in [4.69, 9.17) is 9.40 Å². The fourth-order valence-corrected chi connectivity index (χ4v) is 4.64. The lowest BCUT2D eigenvalue weighted by Gasteiger charge is -2.14. The second-order valence-electron chi connectivity index (χ2n) is 7.32. The van der Waals surface area contributed by atoms with Crippen molar-refractivity contribution in [1.82, 2.24) is 19.1 Å². The summed E-state index contributed by atoms with van der Waals surface area (Å²) < 4.78 is 12.6. The third kappa shape index (κ3) is 3.55. The molecule has 3 aromatic heterocycles. The molecule has 1 fully saturated rings. The number of carbonyl (C=O) groups excluding carboxylic acids is 1. The van der Waals surface area contributed by atoms with Gasteiger partial charge in [0.25, 0.3) is 5.56 Å². The van der Waals surface area contributed by atoms with Gasteiger partial charge in [0.15, 0.2) is 5.65 Å². The van der Waals surface area contributed by atoms with Crippen molar-refractivity contribution in [2.75, 3.05) is 7.11 Å². The minimum atomic E-state index is -0.550. The zero-order chi connectivity index (χ0) is 21.4. The van der Waals surface area contributed by atoms with Crippen molar-refractivity contribution in [1.29, 1.82) is 0 Å². The lowest BCUT2D eigenvalue weighted by molar-refractivity contribution is 0.0563. The highest BCUT2D eigenvalue weighted by atomic mass is 32.2. The molecule has 4 rings (SSSR count). The van der Waals surface area contributed by atoms with Crippen LogP contribution in [0.3, 0.4) is 0 Å². The Labute approximate surface area is 176 Å². The summed E-state index contributed by atoms with van der Waals surface area (Å²) >= 11 is 1.32. The van der Waals surface area contributed by atoms with Gasteiger partial charge in [-0.15, -0.1) is 0 Å². The first-order valence-corrected chi connectivity index (χ1v) is 10.7. The molecule has 0 spiro atoms. The molecule has 1 saturated carbocycles. The van der Waals surface area contributed by atoms with Gasteiger partial charge in [-0.3, -0.25) is 13.9 Å². The van der Waals surface area contributed by atoms with Crippen LogP contribution in [0.1, 0.15) is 53.7 Å². The van der Waals surface area contributed by atoms with E-state index in [1.807, 2.05) is 0 Å². The molecule has 0 atom stereocenters. The molecule has 0 aliphatic heterocycles. The lowest BCUT2D eigenvalue weighted by atomic mass is 10.1. The predicted octanol–water partition coefficient (Wildman–Crippen LogP) is 2.36. The van der Waals surface area contributed by atoms with Crippen LogP contribution in [0.25, 0.3) is 11.0 Å². The Balaban J connectivity index is 1.78. The van der Waals surface area contributed by atoms with E-state index in [-0.39, 0.29) is 11.7 Å². The number of methoxy groups -OCH3 is 1. The summed E-state index contributed by atoms with van der Waals surface area (Å²) in [7, 11) is 4.34. The van der Waals surface area contributed by atoms with E-state index < -0.39 is 17.2 Å². The second kappa shape index (κ2) is 8.10. The van der Waals surface area contributed by atoms with Gasteiger partial charge in [0, 0.05) is 20.0 Å². The van der Waals surface area contributed by atoms with Crippen LogP contribution in [0.2, 0.25) is 0 Å². The molecule has 0 aromatic carbocycles. The summed E-state index contributed by atoms with van der Waals surface area (Å²) in [4.78, 5) is 46.2. The molecular formula is C20H22N4O5S. The fourth-order valence-electron chi connectivity index (χ4n) is 3.72. The van der Waals surface area contributed by atoms with Crippen molar-refractivity contribution >= 4 is 28.8 Å². The number of aryl methyl sites for hydroxylation is 1. The standard InChI is InChI=1S/C20H22N4O5S/c1-23-16-14(18(25)24(2)20(23)27)17(22-15(21-16)11-6-4-5-7-11)30-10-12-8-9-13(29-12)19(26)28-3/h8-9,11H,4-7,10H2,1-3H3. The van der Waals surface area contributed by atoms with Gasteiger partial charge in [0.05, 0.1) is 12.9 Å². The highest BCUT2D eigenvalue weighted by Gasteiger charge is 2.24. The Morgan fingerprint density at radius 3 is 2.63 bits per heavy atom. The van der Waals surface area contributed by atoms with Crippen LogP contribution in [0, 0.1) is 0 Å². The van der Waals surface area contributed by atoms with Gasteiger partial charge in [-0.1, -0.05) is 24.6 Å². The topological polar surface area (TPSA) is 109 Å². The highest BCUT2D eigenvalue weighted by Crippen LogP contribution is 2.35. The predicted molar refractivity (Wildman–Crippen MR) is 111 cm³/mol. The number of hydrogen-bond acceptors (Lipinski definition) is 8. The monoisotopic (exact) mass is 430 g/mol. The normalized spacial score (nSPS) is 14.5. The van der Waals surface area contributed by atoms with E-state index in [1.165, 1.54) is 30.5 Å². The Morgan fingerprint density at radius 1 is 1.20 bits per heavy atom. The van der Waals surface area contributed by atoms with Gasteiger partial charge in [0.1, 0.15) is 22.0 Å². The van der Waals surface area contributed by atoms with E-state index in [0.29, 0.717) is 33.4 Å². The van der Waals surface area contributed by atoms with Gasteiger partial charge in [-0.2, -0.15) is 0 Å². The van der Waals surface area contributed by atoms with Gasteiger partial charge in [0.2, 0.25) is 5.76 Å². The Hall–Kier alpha value is -2.88. The first-order valence-electron chi connectivity index (χ1n) is 9.68. The van der Waals surface area contributed by atoms with Crippen molar-refractivity contribution in [2.45, 2.75) is 42.4 Å². The van der Waals surface area contributed by atoms with Crippen LogP contribution in [-0.2, 0) is 24.6 Å². The minimum absolute atomic E-state index is 0.116. The Morgan fingerprint density at radius 2 is 1.93 bits per heavy atom. The van der Waals surface area contributed by atoms with Crippen LogP contribution >= 0.6 is 11.8 Å². The summed E-state index contributed by atoms with van der Waals surface area (Å²) in [6.07, 6.45) is 4.23. The molecule has 0 N–H and O–H groups in total. The van der Waals surface area contributed by atoms with Crippen molar-refractivity contribution < 1.29 is 13.9 Å². The molecule has 1 aliphatic carbocycles. The molecule has 3 heterocycles. The Bertz CT molecular complexity index is 1240. The maximum atomic E-state index is 12.9. The van der Waals surface area contributed by atoms with Gasteiger partial charge in [-0.25, -0.2) is 19.6 Å². The SMILES string of the molecule is COC(=O)c1ccc(CSc2nc(C3CCCC3)nc3c2c(=O)n(C)c(=O)n3C)o1. The first kappa shape index (κ1) is 20.4. The molecule has 1 aliphatic rings. The molecule has 0 amide bonds. The van der Waals surface area contributed by atoms with Crippen LogP contribution < -0.4 is 11.2 Å². The molecule has 0 bridgehead atoms. The number of thioether (sulfide) groups is 1. The molecule has 158 valence electrons. The zero-order valence-electron chi connectivity index (χ0n) is 17.0. The Kier molecular flexibility index (Phi) is 5.50. The fraction of sp³-hybridized carbons (Fsp3) is 0.450. The van der Waals surface area contributed by atoms with E-state index in [9.17, 15) is 14.4 Å². The van der Waals surface area contributed by atoms with Crippen molar-refractivity contribution in [2.24, 2.45) is 14.1 Å². The summed E-state index contributed by atoms with van der Waals surface area (Å²) in [6, 6.07) is 3.24. The number of ether oxygens (including phenoxy) is 1. The molecule has 30 heavy (non-hydrogen) atoms. The first-order chi connectivity index (χ1) is 14.4. The third-order valence-corrected chi connectivity index (χ3v) is 6.40. The van der Waals surface area contributed by atoms with Crippen molar-refractivity contribution in [3.05, 3.63) is 50.3 Å². The number of carbonyl (C=O) groups is 1. The molecule has 0 radical (unpaired) electrons. The summed E-state index contributed by atoms with van der Waals surface area (Å²) in [6.45, 7) is 0. The van der Waals surface area contributed by atoms with E-state index >= 15 is 0 Å². The largest absolute Gasteiger partial charge is 0.463 e. The number of hydrogen-bond donors (Lipinski definition) is 0. The number of furan rings is 1. The van der Waals surface area contributed by atoms with E-state index in [1.54, 1.807) is 19.2 Å². The highest BCUT2D eigenvalue weighted by molar-refractivity contribution is 7.98. The molecule has 10 heteroatoms. The average Bonchev–Trinajstić information content (AvgIpc) is 3.46. The smallest absolute Gasteiger partial charge is 0.373 e. The number of esters is 1. The zero-order valence-corrected chi connectivity index (χ0v) is 17.8. The molecule has 0 saturated heterocycles. The van der Waals surface area contributed by atoms with Crippen LogP contribution in [0.15, 0.2) is 31.2 Å². The van der Waals surface area contributed by atoms with Crippen LogP contribution in [0.5, 0.6) is 0 Å². The summed E-state index contributed by atoms with van der Waals surface area (Å²) in [5.41, 5.74) is -0.506. The van der Waals surface area contributed by atoms with Gasteiger partial charge >= 0.3 is 11.7 Å². The maximum Gasteiger partial charge on any atom is 0.373 e. The third-order valence-electron chi connectivity index (χ3n) is 5.40. The van der Waals surface area contributed by atoms with Crippen molar-refractivity contribution in [3.8, 4) is 0 Å². The van der Waals surface area contributed by atoms with Crippen LogP contribution in [0.4, 0.5) is 0 Å². The van der Waals surface area contributed by atoms with E-state index in [0.717, 1.165) is 30.3 Å². The van der Waals surface area contributed by atoms with Crippen LogP contribution in [-0.4, -0.2) is 32.2 Å². The molecular weight excluding hydrogens is 408 g/mol. The second-order valence-corrected chi connectivity index (χ2v) is 8.28. The summed E-state index contributed by atoms with van der Waals surface area (Å²) in [5, 5.41) is 0.820. The lowest BCUT2D eigenvalue weighted by Crippen LogP contribution is -2.38. The summed E-state index contributed by atoms with van der Waals surface area (Å²) in [5.74, 6) is 1.37. The number of aromatic nitrogens is 4. The number of rotatable bonds is 5. The average molecular weight is 430 g/mol. The minimum Gasteiger partial charge on any atom is -0.463 e. The quantitative estimate of drug-likeness (QED) is 0.345. The van der Waals surface area contributed by atoms with Gasteiger partial charge in [-0.05, 0) is 25.0 Å². The molecule has 9 nitrogen and oxygen atoms in total. The van der Waals surface area contributed by atoms with Gasteiger partial charge < -0.3 is 9.15 Å². The van der Waals surface area contributed by atoms with Crippen molar-refractivity contribution in [3.63, 3.8) is 0 Å². The molecule has 3 aromatic rings. The molecule has 0 unspecified atom stereocenters.